The van der Waals surface area contributed by atoms with Gasteiger partial charge in [-0.15, -0.1) is 0 Å². The van der Waals surface area contributed by atoms with Gasteiger partial charge < -0.3 is 4.57 Å². The van der Waals surface area contributed by atoms with E-state index < -0.39 is 8.24 Å². The van der Waals surface area contributed by atoms with Crippen LogP contribution in [-0.4, -0.2) is 25.9 Å². The van der Waals surface area contributed by atoms with Crippen molar-refractivity contribution in [3.63, 3.8) is 0 Å². The average Bonchev–Trinajstić information content (AvgIpc) is 2.08. The highest BCUT2D eigenvalue weighted by atomic mass is 28.3. The monoisotopic (exact) mass is 143 g/mol. The predicted octanol–water partition coefficient (Wildman–Crippen LogP) is 1.92. The van der Waals surface area contributed by atoms with E-state index >= 15 is 0 Å². The molecular weight excluding hydrogens is 126 g/mol. The van der Waals surface area contributed by atoms with Gasteiger partial charge in [0, 0.05) is 0 Å². The molecule has 0 N–H and O–H groups in total. The molecular formula is C7H17NSi. The van der Waals surface area contributed by atoms with E-state index in [0.29, 0.717) is 0 Å². The fraction of sp³-hybridized carbons (Fsp3) is 1.00. The van der Waals surface area contributed by atoms with E-state index in [1.54, 1.807) is 0 Å². The summed E-state index contributed by atoms with van der Waals surface area (Å²) in [6, 6.07) is 1.51. The Bertz CT molecular complexity index is 101. The summed E-state index contributed by atoms with van der Waals surface area (Å²) < 4.78 is 2.69. The summed E-state index contributed by atoms with van der Waals surface area (Å²) in [6.45, 7) is 9.88. The lowest BCUT2D eigenvalue weighted by Crippen LogP contribution is -2.42. The number of hydrogen-bond acceptors (Lipinski definition) is 1. The molecule has 0 unspecified atom stereocenters. The molecule has 54 valence electrons. The second-order valence-electron chi connectivity index (χ2n) is 3.50. The van der Waals surface area contributed by atoms with Crippen LogP contribution >= 0.6 is 0 Å². The van der Waals surface area contributed by atoms with Crippen LogP contribution in [-0.2, 0) is 0 Å². The molecule has 0 radical (unpaired) electrons. The van der Waals surface area contributed by atoms with Crippen molar-refractivity contribution in [3.05, 3.63) is 0 Å². The Hall–Kier alpha value is 0.177. The lowest BCUT2D eigenvalue weighted by atomic mass is 10.5. The van der Waals surface area contributed by atoms with Crippen molar-refractivity contribution in [3.8, 4) is 0 Å². The largest absolute Gasteiger partial charge is 0.324 e. The van der Waals surface area contributed by atoms with Crippen LogP contribution in [0.5, 0.6) is 0 Å². The molecule has 1 aliphatic heterocycles. The van der Waals surface area contributed by atoms with Gasteiger partial charge in [0.05, 0.1) is 0 Å². The fourth-order valence-corrected chi connectivity index (χ4v) is 4.71. The standard InChI is InChI=1S/C7H17NSi/c1-4-8-6-5-7-9(8,2)3/h4-7H2,1-3H3. The van der Waals surface area contributed by atoms with Crippen LogP contribution in [0.3, 0.4) is 0 Å². The molecule has 0 aliphatic carbocycles. The topological polar surface area (TPSA) is 3.24 Å². The minimum absolute atomic E-state index is 0.836. The summed E-state index contributed by atoms with van der Waals surface area (Å²) in [5, 5.41) is 0. The first-order valence-corrected chi connectivity index (χ1v) is 7.07. The highest BCUT2D eigenvalue weighted by Gasteiger charge is 2.32. The van der Waals surface area contributed by atoms with E-state index in [0.717, 1.165) is 0 Å². The molecule has 0 aromatic rings. The average molecular weight is 143 g/mol. The number of rotatable bonds is 1. The zero-order valence-corrected chi connectivity index (χ0v) is 7.78. The van der Waals surface area contributed by atoms with Crippen molar-refractivity contribution in [1.82, 2.24) is 4.57 Å². The number of hydrogen-bond donors (Lipinski definition) is 0. The van der Waals surface area contributed by atoms with Gasteiger partial charge in [-0.25, -0.2) is 0 Å². The molecule has 1 rings (SSSR count). The van der Waals surface area contributed by atoms with Gasteiger partial charge >= 0.3 is 0 Å². The van der Waals surface area contributed by atoms with E-state index in [1.165, 1.54) is 25.6 Å². The maximum atomic E-state index is 2.69. The molecule has 1 fully saturated rings. The summed E-state index contributed by atoms with van der Waals surface area (Å²) in [5.74, 6) is 0. The van der Waals surface area contributed by atoms with Crippen LogP contribution in [0.4, 0.5) is 0 Å². The second kappa shape index (κ2) is 2.43. The molecule has 0 atom stereocenters. The molecule has 0 amide bonds. The third-order valence-electron chi connectivity index (χ3n) is 2.45. The molecule has 2 heteroatoms. The first kappa shape index (κ1) is 7.29. The summed E-state index contributed by atoms with van der Waals surface area (Å²) in [5.41, 5.74) is 0. The van der Waals surface area contributed by atoms with Gasteiger partial charge in [-0.3, -0.25) is 0 Å². The molecule has 0 aromatic heterocycles. The zero-order chi connectivity index (χ0) is 6.91. The highest BCUT2D eigenvalue weighted by Crippen LogP contribution is 2.24. The van der Waals surface area contributed by atoms with Crippen LogP contribution in [0.25, 0.3) is 0 Å². The van der Waals surface area contributed by atoms with Crippen molar-refractivity contribution in [2.24, 2.45) is 0 Å². The molecule has 0 saturated carbocycles. The molecule has 1 nitrogen and oxygen atoms in total. The third kappa shape index (κ3) is 1.35. The Morgan fingerprint density at radius 3 is 2.33 bits per heavy atom. The summed E-state index contributed by atoms with van der Waals surface area (Å²) in [7, 11) is -0.836. The Balaban J connectivity index is 2.52. The predicted molar refractivity (Wildman–Crippen MR) is 44.2 cm³/mol. The minimum Gasteiger partial charge on any atom is -0.324 e. The van der Waals surface area contributed by atoms with Crippen LogP contribution in [0.15, 0.2) is 0 Å². The smallest absolute Gasteiger partial charge is 0.122 e. The fourth-order valence-electron chi connectivity index (χ4n) is 1.75. The maximum Gasteiger partial charge on any atom is 0.122 e. The van der Waals surface area contributed by atoms with Crippen molar-refractivity contribution in [2.45, 2.75) is 32.5 Å². The summed E-state index contributed by atoms with van der Waals surface area (Å²) in [4.78, 5) is 0. The first-order chi connectivity index (χ1) is 4.17. The lowest BCUT2D eigenvalue weighted by molar-refractivity contribution is 0.483. The molecule has 1 aliphatic rings. The highest BCUT2D eigenvalue weighted by molar-refractivity contribution is 6.75. The minimum atomic E-state index is -0.836. The lowest BCUT2D eigenvalue weighted by Gasteiger charge is -2.27. The Morgan fingerprint density at radius 1 is 1.44 bits per heavy atom. The van der Waals surface area contributed by atoms with Gasteiger partial charge in [0.1, 0.15) is 8.24 Å². The van der Waals surface area contributed by atoms with Crippen molar-refractivity contribution in [2.75, 3.05) is 13.1 Å². The molecule has 0 aromatic carbocycles. The Morgan fingerprint density at radius 2 is 2.11 bits per heavy atom. The SMILES string of the molecule is CCN1CCC[Si]1(C)C. The van der Waals surface area contributed by atoms with E-state index in [1.807, 2.05) is 0 Å². The molecule has 9 heavy (non-hydrogen) atoms. The van der Waals surface area contributed by atoms with Gasteiger partial charge in [0.2, 0.25) is 0 Å². The van der Waals surface area contributed by atoms with Crippen LogP contribution in [0.2, 0.25) is 19.1 Å². The Labute approximate surface area is 59.1 Å². The van der Waals surface area contributed by atoms with Crippen LogP contribution in [0, 0.1) is 0 Å². The molecule has 1 saturated heterocycles. The van der Waals surface area contributed by atoms with Gasteiger partial charge in [0.15, 0.2) is 0 Å². The Kier molecular flexibility index (Phi) is 1.96. The van der Waals surface area contributed by atoms with E-state index in [2.05, 4.69) is 24.6 Å². The number of nitrogens with zero attached hydrogens (tertiary/aromatic N) is 1. The van der Waals surface area contributed by atoms with E-state index in [-0.39, 0.29) is 0 Å². The van der Waals surface area contributed by atoms with Crippen molar-refractivity contribution < 1.29 is 0 Å². The van der Waals surface area contributed by atoms with Gasteiger partial charge in [-0.2, -0.15) is 0 Å². The van der Waals surface area contributed by atoms with Gasteiger partial charge in [0.25, 0.3) is 0 Å². The molecule has 0 bridgehead atoms. The van der Waals surface area contributed by atoms with Gasteiger partial charge in [-0.05, 0) is 25.6 Å². The van der Waals surface area contributed by atoms with Crippen LogP contribution in [0.1, 0.15) is 13.3 Å². The normalized spacial score (nSPS) is 27.0. The van der Waals surface area contributed by atoms with Crippen molar-refractivity contribution >= 4 is 8.24 Å². The quantitative estimate of drug-likeness (QED) is 0.507. The van der Waals surface area contributed by atoms with Gasteiger partial charge in [-0.1, -0.05) is 20.0 Å². The van der Waals surface area contributed by atoms with E-state index in [9.17, 15) is 0 Å². The maximum absolute atomic E-state index is 2.69. The van der Waals surface area contributed by atoms with Crippen molar-refractivity contribution in [1.29, 1.82) is 0 Å². The summed E-state index contributed by atoms with van der Waals surface area (Å²) in [6.07, 6.45) is 1.45. The molecule has 0 spiro atoms. The molecule has 1 heterocycles. The zero-order valence-electron chi connectivity index (χ0n) is 6.78. The first-order valence-electron chi connectivity index (χ1n) is 3.92. The van der Waals surface area contributed by atoms with E-state index in [4.69, 9.17) is 0 Å². The summed E-state index contributed by atoms with van der Waals surface area (Å²) >= 11 is 0. The second-order valence-corrected chi connectivity index (χ2v) is 8.25. The third-order valence-corrected chi connectivity index (χ3v) is 6.28. The van der Waals surface area contributed by atoms with Crippen LogP contribution < -0.4 is 0 Å².